The van der Waals surface area contributed by atoms with Crippen LogP contribution in [0.1, 0.15) is 166 Å². The second-order valence-corrected chi connectivity index (χ2v) is 25.2. The summed E-state index contributed by atoms with van der Waals surface area (Å²) in [5.41, 5.74) is 11.2. The number of nitrogens with zero attached hydrogens (tertiary/aromatic N) is 4. The molecule has 28 heteroatoms. The molecule has 0 bridgehead atoms. The van der Waals surface area contributed by atoms with E-state index in [0.717, 1.165) is 4.90 Å². The summed E-state index contributed by atoms with van der Waals surface area (Å²) < 4.78 is 17.4. The zero-order valence-electron chi connectivity index (χ0n) is 53.5. The molecule has 4 aliphatic heterocycles. The highest BCUT2D eigenvalue weighted by Gasteiger charge is 2.46. The molecule has 4 fully saturated rings. The summed E-state index contributed by atoms with van der Waals surface area (Å²) in [5.74, 6) is -11.8. The van der Waals surface area contributed by atoms with Gasteiger partial charge in [-0.05, 0) is 115 Å². The first-order chi connectivity index (χ1) is 41.3. The minimum Gasteiger partial charge on any atom is -0.458 e. The molecule has 4 rings (SSSR count). The van der Waals surface area contributed by atoms with Gasteiger partial charge in [-0.2, -0.15) is 0 Å². The molecule has 4 heterocycles. The Balaban J connectivity index is 1.73. The van der Waals surface area contributed by atoms with Crippen LogP contribution >= 0.6 is 0 Å². The lowest BCUT2D eigenvalue weighted by Crippen LogP contribution is -2.62. The van der Waals surface area contributed by atoms with Gasteiger partial charge in [0.1, 0.15) is 54.4 Å². The Morgan fingerprint density at radius 2 is 1.52 bits per heavy atom. The summed E-state index contributed by atoms with van der Waals surface area (Å²) in [6.45, 7) is 17.1. The van der Waals surface area contributed by atoms with Gasteiger partial charge in [0.2, 0.25) is 47.3 Å². The number of unbranched alkanes of at least 4 members (excludes halogenated alkanes) is 1. The van der Waals surface area contributed by atoms with Crippen LogP contribution < -0.4 is 38.1 Å². The van der Waals surface area contributed by atoms with Crippen LogP contribution in [0.2, 0.25) is 0 Å². The number of carbonyl (C=O) groups is 13. The Labute approximate surface area is 516 Å². The third-order valence-electron chi connectivity index (χ3n) is 16.9. The van der Waals surface area contributed by atoms with Gasteiger partial charge in [-0.3, -0.25) is 52.7 Å². The van der Waals surface area contributed by atoms with Crippen molar-refractivity contribution in [3.8, 4) is 0 Å². The number of nitrogens with one attached hydrogen (secondary N) is 5. The van der Waals surface area contributed by atoms with Gasteiger partial charge >= 0.3 is 17.9 Å². The molecule has 0 radical (unpaired) electrons. The molecule has 0 spiro atoms. The van der Waals surface area contributed by atoms with Crippen molar-refractivity contribution in [3.05, 3.63) is 0 Å². The van der Waals surface area contributed by atoms with E-state index in [0.29, 0.717) is 32.1 Å². The number of likely N-dealkylation sites (N-methyl/N-ethyl adjacent to an activating group) is 2. The van der Waals surface area contributed by atoms with E-state index in [-0.39, 0.29) is 95.2 Å². The number of ether oxygens (including phenoxy) is 3. The molecular formula is C60H99N11O17. The van der Waals surface area contributed by atoms with E-state index in [1.807, 2.05) is 13.8 Å². The third kappa shape index (κ3) is 20.3. The highest BCUT2D eigenvalue weighted by molar-refractivity contribution is 5.98. The molecule has 496 valence electrons. The number of likely N-dealkylation sites (tertiary alicyclic amines) is 1. The molecule has 0 aliphatic carbocycles. The maximum Gasteiger partial charge on any atom is 0.329 e. The molecule has 10 N–H and O–H groups in total. The Morgan fingerprint density at radius 3 is 2.11 bits per heavy atom. The lowest BCUT2D eigenvalue weighted by Gasteiger charge is -2.36. The van der Waals surface area contributed by atoms with Crippen LogP contribution in [0.5, 0.6) is 0 Å². The summed E-state index contributed by atoms with van der Waals surface area (Å²) in [4.78, 5) is 186. The first-order valence-electron chi connectivity index (χ1n) is 31.3. The summed E-state index contributed by atoms with van der Waals surface area (Å²) in [5, 5.41) is 25.1. The van der Waals surface area contributed by atoms with E-state index >= 15 is 9.59 Å². The fourth-order valence-electron chi connectivity index (χ4n) is 11.6. The summed E-state index contributed by atoms with van der Waals surface area (Å²) in [7, 11) is 2.75. The highest BCUT2D eigenvalue weighted by Crippen LogP contribution is 2.27. The molecule has 28 nitrogen and oxygen atoms in total. The fourth-order valence-corrected chi connectivity index (χ4v) is 11.6. The molecule has 10 amide bonds. The number of fused-ring (bicyclic) bond motifs is 1. The monoisotopic (exact) mass is 1250 g/mol. The maximum absolute atomic E-state index is 15.0. The van der Waals surface area contributed by atoms with E-state index in [2.05, 4.69) is 26.6 Å². The highest BCUT2D eigenvalue weighted by atomic mass is 16.6. The van der Waals surface area contributed by atoms with Crippen LogP contribution in [0.15, 0.2) is 0 Å². The van der Waals surface area contributed by atoms with Gasteiger partial charge in [-0.1, -0.05) is 61.8 Å². The standard InChI is InChI=1S/C60H99N11O17/c1-13-34(8)48-44(72)30-47(75)88-50(33(6)7)54(79)65-39(28-31(2)3)56(81)71-27-17-20-41(71)57(82)68(11)42(18-14-15-25-61)60(85)86-35(9)49(53(78)66-48)67-52(77)43(29-32(4)5)69(12)58(83)40-19-16-26-70(40)55(80)36(10)87-59(84)38(21-23-45(62)73)64-51(76)37-22-24-46(74)63-37/h31-44,48-50,72H,13-30,61H2,1-12H3,(H2,62,73)(H,63,74)(H,64,76)(H,65,79)(H,66,78)(H,67,77)/t34-,35-,36-,37?,38+,39-,40-,41-,42-,43+,44-,48-,49+,50-/m0/s1. The van der Waals surface area contributed by atoms with Crippen LogP contribution in [0.4, 0.5) is 0 Å². The molecule has 0 aromatic heterocycles. The summed E-state index contributed by atoms with van der Waals surface area (Å²) in [6, 6.07) is -11.4. The predicted molar refractivity (Wildman–Crippen MR) is 318 cm³/mol. The van der Waals surface area contributed by atoms with E-state index in [1.165, 1.54) is 42.6 Å². The first kappa shape index (κ1) is 73.5. The maximum atomic E-state index is 15.0. The van der Waals surface area contributed by atoms with Gasteiger partial charge in [-0.15, -0.1) is 0 Å². The molecule has 4 saturated heterocycles. The zero-order valence-corrected chi connectivity index (χ0v) is 53.5. The Kier molecular flexibility index (Phi) is 28.5. The topological polar surface area (TPSA) is 395 Å². The number of nitrogens with two attached hydrogens (primary N) is 2. The van der Waals surface area contributed by atoms with Crippen LogP contribution in [0.3, 0.4) is 0 Å². The fraction of sp³-hybridized carbons (Fsp3) is 0.783. The normalized spacial score (nSPS) is 26.8. The smallest absolute Gasteiger partial charge is 0.329 e. The van der Waals surface area contributed by atoms with Crippen LogP contribution in [0.25, 0.3) is 0 Å². The zero-order chi connectivity index (χ0) is 66.0. The average molecular weight is 1250 g/mol. The van der Waals surface area contributed by atoms with Crippen LogP contribution in [0, 0.1) is 23.7 Å². The van der Waals surface area contributed by atoms with Gasteiger partial charge < -0.3 is 77.0 Å². The van der Waals surface area contributed by atoms with Crippen molar-refractivity contribution in [3.63, 3.8) is 0 Å². The van der Waals surface area contributed by atoms with Crippen molar-refractivity contribution >= 4 is 77.0 Å². The lowest BCUT2D eigenvalue weighted by molar-refractivity contribution is -0.163. The third-order valence-corrected chi connectivity index (χ3v) is 16.9. The molecule has 0 saturated carbocycles. The van der Waals surface area contributed by atoms with Crippen molar-refractivity contribution in [2.45, 2.75) is 244 Å². The lowest BCUT2D eigenvalue weighted by atomic mass is 9.92. The number of cyclic esters (lactones) is 2. The van der Waals surface area contributed by atoms with Gasteiger partial charge in [0.05, 0.1) is 18.6 Å². The van der Waals surface area contributed by atoms with Crippen LogP contribution in [-0.2, 0) is 76.5 Å². The summed E-state index contributed by atoms with van der Waals surface area (Å²) >= 11 is 0. The van der Waals surface area contributed by atoms with Crippen molar-refractivity contribution in [1.82, 2.24) is 46.2 Å². The first-order valence-corrected chi connectivity index (χ1v) is 31.3. The van der Waals surface area contributed by atoms with Gasteiger partial charge in [0, 0.05) is 40.0 Å². The number of esters is 3. The number of carbonyl (C=O) groups excluding carboxylic acids is 13. The predicted octanol–water partition coefficient (Wildman–Crippen LogP) is -0.431. The van der Waals surface area contributed by atoms with E-state index in [9.17, 15) is 57.8 Å². The van der Waals surface area contributed by atoms with Crippen molar-refractivity contribution in [2.24, 2.45) is 35.1 Å². The number of aliphatic hydroxyl groups is 1. The van der Waals surface area contributed by atoms with Crippen LogP contribution in [-0.4, -0.2) is 214 Å². The minimum atomic E-state index is -1.79. The molecule has 14 atom stereocenters. The van der Waals surface area contributed by atoms with Crippen molar-refractivity contribution in [1.29, 1.82) is 0 Å². The molecule has 4 aliphatic rings. The number of hydrogen-bond donors (Lipinski definition) is 8. The number of rotatable bonds is 23. The Bertz CT molecular complexity index is 2510. The number of aliphatic hydroxyl groups excluding tert-OH is 1. The number of amides is 10. The average Bonchev–Trinajstić information content (AvgIpc) is 2.01. The van der Waals surface area contributed by atoms with Crippen molar-refractivity contribution in [2.75, 3.05) is 33.7 Å². The van der Waals surface area contributed by atoms with Gasteiger partial charge in [0.25, 0.3) is 11.8 Å². The van der Waals surface area contributed by atoms with Gasteiger partial charge in [-0.25, -0.2) is 9.59 Å². The quantitative estimate of drug-likeness (QED) is 0.0365. The van der Waals surface area contributed by atoms with Gasteiger partial charge in [0.15, 0.2) is 12.2 Å². The SMILES string of the molecule is CC[C@H](C)[C@@H]1NC(=O)[C@H](NC(=O)[C@@H](CC(C)C)N(C)C(=O)[C@@H]2CCCN2C(=O)[C@H](C)OC(=O)[C@@H](CCC(N)=O)NC(=O)C2CCC(=O)N2)[C@H](C)OC(=O)[C@H](CCCCN)N(C)C(=O)[C@@H]2CCCN2C(=O)[C@H](CC(C)C)NC(=O)[C@H](C(C)C)OC(=O)C[C@@H]1O. The number of primary amides is 1. The molecule has 0 aromatic rings. The van der Waals surface area contributed by atoms with Crippen molar-refractivity contribution < 1.29 is 81.6 Å². The molecule has 88 heavy (non-hydrogen) atoms. The number of hydrogen-bond acceptors (Lipinski definition) is 18. The Hall–Kier alpha value is -6.97. The second-order valence-electron chi connectivity index (χ2n) is 25.2. The van der Waals surface area contributed by atoms with E-state index in [4.69, 9.17) is 25.7 Å². The summed E-state index contributed by atoms with van der Waals surface area (Å²) in [6.07, 6.45) is -4.81. The molecular weight excluding hydrogens is 1150 g/mol. The largest absolute Gasteiger partial charge is 0.458 e. The molecule has 1 unspecified atom stereocenters. The Morgan fingerprint density at radius 1 is 0.852 bits per heavy atom. The van der Waals surface area contributed by atoms with E-state index < -0.39 is 168 Å². The minimum absolute atomic E-state index is 0.00501. The van der Waals surface area contributed by atoms with E-state index in [1.54, 1.807) is 41.5 Å². The molecule has 0 aromatic carbocycles. The second kappa shape index (κ2) is 34.1.